The molecule has 0 aliphatic carbocycles. The van der Waals surface area contributed by atoms with Crippen molar-refractivity contribution < 1.29 is 14.5 Å². The van der Waals surface area contributed by atoms with Crippen LogP contribution in [0.2, 0.25) is 5.02 Å². The Labute approximate surface area is 186 Å². The second-order valence-corrected chi connectivity index (χ2v) is 8.80. The van der Waals surface area contributed by atoms with Crippen molar-refractivity contribution >= 4 is 28.9 Å². The van der Waals surface area contributed by atoms with Gasteiger partial charge in [0.15, 0.2) is 0 Å². The molecule has 0 saturated carbocycles. The third-order valence-corrected chi connectivity index (χ3v) is 6.71. The number of benzene rings is 2. The average molecular weight is 444 g/mol. The minimum Gasteiger partial charge on any atom is -0.494 e. The van der Waals surface area contributed by atoms with Crippen molar-refractivity contribution in [2.24, 2.45) is 5.92 Å². The number of fused-ring (bicyclic) bond motifs is 2. The van der Waals surface area contributed by atoms with E-state index in [1.54, 1.807) is 0 Å². The molecule has 2 aliphatic rings. The van der Waals surface area contributed by atoms with Gasteiger partial charge < -0.3 is 10.1 Å². The van der Waals surface area contributed by atoms with E-state index in [1.165, 1.54) is 37.6 Å². The van der Waals surface area contributed by atoms with Crippen LogP contribution in [-0.4, -0.2) is 34.9 Å². The summed E-state index contributed by atoms with van der Waals surface area (Å²) in [5.41, 5.74) is 1.43. The van der Waals surface area contributed by atoms with Gasteiger partial charge in [0.1, 0.15) is 10.8 Å². The van der Waals surface area contributed by atoms with Crippen molar-refractivity contribution in [2.45, 2.75) is 50.7 Å². The summed E-state index contributed by atoms with van der Waals surface area (Å²) in [6, 6.07) is 14.2. The van der Waals surface area contributed by atoms with Gasteiger partial charge in [-0.3, -0.25) is 19.8 Å². The fourth-order valence-corrected chi connectivity index (χ4v) is 5.25. The predicted octanol–water partition coefficient (Wildman–Crippen LogP) is 5.03. The molecule has 0 aromatic heterocycles. The number of amides is 1. The molecular weight excluding hydrogens is 418 g/mol. The van der Waals surface area contributed by atoms with Crippen LogP contribution < -0.4 is 10.1 Å². The second-order valence-electron chi connectivity index (χ2n) is 8.39. The van der Waals surface area contributed by atoms with Gasteiger partial charge in [0.25, 0.3) is 5.69 Å². The third kappa shape index (κ3) is 4.83. The van der Waals surface area contributed by atoms with Crippen LogP contribution in [0.5, 0.6) is 5.75 Å². The fraction of sp³-hybridized carbons (Fsp3) is 0.435. The van der Waals surface area contributed by atoms with Gasteiger partial charge in [-0.25, -0.2) is 0 Å². The monoisotopic (exact) mass is 443 g/mol. The zero-order valence-corrected chi connectivity index (χ0v) is 18.2. The lowest BCUT2D eigenvalue weighted by Crippen LogP contribution is -2.42. The standard InChI is InChI=1S/C23H26ClN3O4/c1-31-22-13-21(27(29)30)19(24)12-20(22)25-23(28)11-16-9-17-7-8-18(10-16)26(17)14-15-5-3-2-4-6-15/h2-6,12-13,16-18H,7-11,14H2,1H3,(H,25,28). The first-order valence-corrected chi connectivity index (χ1v) is 10.9. The Morgan fingerprint density at radius 3 is 2.52 bits per heavy atom. The lowest BCUT2D eigenvalue weighted by molar-refractivity contribution is -0.384. The third-order valence-electron chi connectivity index (χ3n) is 6.40. The number of rotatable bonds is 7. The fourth-order valence-electron chi connectivity index (χ4n) is 5.02. The van der Waals surface area contributed by atoms with E-state index >= 15 is 0 Å². The summed E-state index contributed by atoms with van der Waals surface area (Å²) in [5, 5.41) is 13.9. The number of nitro groups is 1. The van der Waals surface area contributed by atoms with Crippen molar-refractivity contribution in [2.75, 3.05) is 12.4 Å². The van der Waals surface area contributed by atoms with Gasteiger partial charge in [0.2, 0.25) is 5.91 Å². The van der Waals surface area contributed by atoms with E-state index in [2.05, 4.69) is 34.5 Å². The summed E-state index contributed by atoms with van der Waals surface area (Å²) in [5.74, 6) is 0.426. The van der Waals surface area contributed by atoms with Gasteiger partial charge in [0.05, 0.1) is 23.8 Å². The molecule has 2 saturated heterocycles. The molecule has 2 aromatic rings. The number of nitro benzene ring substituents is 1. The van der Waals surface area contributed by atoms with E-state index in [-0.39, 0.29) is 22.4 Å². The molecule has 0 spiro atoms. The zero-order chi connectivity index (χ0) is 22.0. The normalized spacial score (nSPS) is 22.8. The molecule has 31 heavy (non-hydrogen) atoms. The highest BCUT2D eigenvalue weighted by Gasteiger charge is 2.40. The van der Waals surface area contributed by atoms with Gasteiger partial charge in [-0.05, 0) is 43.2 Å². The SMILES string of the molecule is COc1cc([N+](=O)[O-])c(Cl)cc1NC(=O)CC1CC2CCC(C1)N2Cc1ccccc1. The lowest BCUT2D eigenvalue weighted by atomic mass is 9.87. The van der Waals surface area contributed by atoms with Gasteiger partial charge in [-0.1, -0.05) is 41.9 Å². The molecule has 2 atom stereocenters. The molecule has 2 unspecified atom stereocenters. The number of hydrogen-bond donors (Lipinski definition) is 1. The first-order chi connectivity index (χ1) is 14.9. The number of nitrogens with zero attached hydrogens (tertiary/aromatic N) is 2. The molecule has 2 bridgehead atoms. The van der Waals surface area contributed by atoms with E-state index in [0.717, 1.165) is 19.4 Å². The van der Waals surface area contributed by atoms with Crippen molar-refractivity contribution in [3.05, 3.63) is 63.2 Å². The molecule has 4 rings (SSSR count). The second kappa shape index (κ2) is 9.24. The van der Waals surface area contributed by atoms with E-state index in [4.69, 9.17) is 16.3 Å². The molecule has 2 aromatic carbocycles. The Kier molecular flexibility index (Phi) is 6.43. The number of ether oxygens (including phenoxy) is 1. The van der Waals surface area contributed by atoms with Crippen molar-refractivity contribution in [3.8, 4) is 5.75 Å². The predicted molar refractivity (Wildman–Crippen MR) is 119 cm³/mol. The maximum Gasteiger partial charge on any atom is 0.291 e. The first kappa shape index (κ1) is 21.6. The van der Waals surface area contributed by atoms with Crippen LogP contribution >= 0.6 is 11.6 Å². The Morgan fingerprint density at radius 2 is 1.90 bits per heavy atom. The van der Waals surface area contributed by atoms with Crippen molar-refractivity contribution in [1.29, 1.82) is 0 Å². The Hall–Kier alpha value is -2.64. The Balaban J connectivity index is 1.37. The number of hydrogen-bond acceptors (Lipinski definition) is 5. The Morgan fingerprint density at radius 1 is 1.23 bits per heavy atom. The maximum atomic E-state index is 12.7. The molecule has 164 valence electrons. The van der Waals surface area contributed by atoms with Gasteiger partial charge in [0, 0.05) is 25.0 Å². The number of nitrogens with one attached hydrogen (secondary N) is 1. The smallest absolute Gasteiger partial charge is 0.291 e. The molecule has 7 nitrogen and oxygen atoms in total. The molecule has 2 heterocycles. The Bertz CT molecular complexity index is 955. The summed E-state index contributed by atoms with van der Waals surface area (Å²) in [4.78, 5) is 25.8. The first-order valence-electron chi connectivity index (χ1n) is 10.6. The highest BCUT2D eigenvalue weighted by molar-refractivity contribution is 6.33. The number of carbonyl (C=O) groups excluding carboxylic acids is 1. The number of halogens is 1. The number of anilines is 1. The topological polar surface area (TPSA) is 84.7 Å². The highest BCUT2D eigenvalue weighted by Crippen LogP contribution is 2.41. The quantitative estimate of drug-likeness (QED) is 0.479. The van der Waals surface area contributed by atoms with Crippen molar-refractivity contribution in [1.82, 2.24) is 4.90 Å². The molecular formula is C23H26ClN3O4. The van der Waals surface area contributed by atoms with E-state index < -0.39 is 4.92 Å². The van der Waals surface area contributed by atoms with E-state index in [1.807, 2.05) is 6.07 Å². The summed E-state index contributed by atoms with van der Waals surface area (Å²) < 4.78 is 5.21. The van der Waals surface area contributed by atoms with Gasteiger partial charge in [-0.15, -0.1) is 0 Å². The van der Waals surface area contributed by atoms with Gasteiger partial charge in [-0.2, -0.15) is 0 Å². The summed E-state index contributed by atoms with van der Waals surface area (Å²) in [7, 11) is 1.41. The molecule has 8 heteroatoms. The summed E-state index contributed by atoms with van der Waals surface area (Å²) >= 11 is 6.00. The maximum absolute atomic E-state index is 12.7. The van der Waals surface area contributed by atoms with Crippen LogP contribution in [0.4, 0.5) is 11.4 Å². The minimum atomic E-state index is -0.574. The zero-order valence-electron chi connectivity index (χ0n) is 17.4. The number of methoxy groups -OCH3 is 1. The van der Waals surface area contributed by atoms with Crippen molar-refractivity contribution in [3.63, 3.8) is 0 Å². The molecule has 1 amide bonds. The number of piperidine rings is 1. The van der Waals surface area contributed by atoms with Crippen LogP contribution in [0, 0.1) is 16.0 Å². The average Bonchev–Trinajstić information content (AvgIpc) is 2.96. The van der Waals surface area contributed by atoms with Crippen LogP contribution in [0.3, 0.4) is 0 Å². The van der Waals surface area contributed by atoms with Gasteiger partial charge >= 0.3 is 0 Å². The van der Waals surface area contributed by atoms with Crippen LogP contribution in [0.15, 0.2) is 42.5 Å². The molecule has 0 radical (unpaired) electrons. The van der Waals surface area contributed by atoms with E-state index in [0.29, 0.717) is 30.1 Å². The largest absolute Gasteiger partial charge is 0.494 e. The van der Waals surface area contributed by atoms with Crippen LogP contribution in [-0.2, 0) is 11.3 Å². The summed E-state index contributed by atoms with van der Waals surface area (Å²) in [6.45, 7) is 0.966. The lowest BCUT2D eigenvalue weighted by Gasteiger charge is -2.39. The molecule has 2 aliphatic heterocycles. The molecule has 1 N–H and O–H groups in total. The summed E-state index contributed by atoms with van der Waals surface area (Å²) in [6.07, 6.45) is 4.80. The van der Waals surface area contributed by atoms with Crippen LogP contribution in [0.25, 0.3) is 0 Å². The molecule has 2 fully saturated rings. The van der Waals surface area contributed by atoms with Crippen LogP contribution in [0.1, 0.15) is 37.7 Å². The minimum absolute atomic E-state index is 0.0339. The number of carbonyl (C=O) groups is 1. The highest BCUT2D eigenvalue weighted by atomic mass is 35.5. The van der Waals surface area contributed by atoms with E-state index in [9.17, 15) is 14.9 Å².